The number of hydrogen-bond acceptors (Lipinski definition) is 5. The van der Waals surface area contributed by atoms with E-state index in [0.717, 1.165) is 32.8 Å². The molecular weight excluding hydrogens is 298 g/mol. The smallest absolute Gasteiger partial charge is 0.246 e. The predicted molar refractivity (Wildman–Crippen MR) is 85.9 cm³/mol. The number of hydrogen-bond donors (Lipinski definition) is 1. The van der Waals surface area contributed by atoms with Crippen molar-refractivity contribution in [2.75, 3.05) is 60.1 Å². The molecule has 0 aromatic heterocycles. The van der Waals surface area contributed by atoms with Gasteiger partial charge < -0.3 is 19.7 Å². The van der Waals surface area contributed by atoms with Crippen LogP contribution in [0.5, 0.6) is 0 Å². The van der Waals surface area contributed by atoms with Gasteiger partial charge in [0.15, 0.2) is 0 Å². The molecular formula is C16H27N3O4. The highest BCUT2D eigenvalue weighted by atomic mass is 16.5. The van der Waals surface area contributed by atoms with E-state index in [1.165, 1.54) is 0 Å². The van der Waals surface area contributed by atoms with E-state index in [9.17, 15) is 9.59 Å². The van der Waals surface area contributed by atoms with Crippen molar-refractivity contribution in [2.24, 2.45) is 5.92 Å². The van der Waals surface area contributed by atoms with E-state index >= 15 is 0 Å². The average Bonchev–Trinajstić information content (AvgIpc) is 2.98. The van der Waals surface area contributed by atoms with Crippen LogP contribution in [0.25, 0.3) is 0 Å². The van der Waals surface area contributed by atoms with Crippen LogP contribution in [-0.2, 0) is 19.1 Å². The summed E-state index contributed by atoms with van der Waals surface area (Å²) < 4.78 is 10.7. The molecule has 1 N–H and O–H groups in total. The first-order valence-electron chi connectivity index (χ1n) is 8.13. The van der Waals surface area contributed by atoms with Crippen LogP contribution < -0.4 is 5.32 Å². The molecule has 0 unspecified atom stereocenters. The molecule has 2 rings (SSSR count). The van der Waals surface area contributed by atoms with Crippen LogP contribution in [0.4, 0.5) is 0 Å². The lowest BCUT2D eigenvalue weighted by Crippen LogP contribution is -2.36. The predicted octanol–water partition coefficient (Wildman–Crippen LogP) is -0.516. The summed E-state index contributed by atoms with van der Waals surface area (Å²) in [6, 6.07) is 0. The largest absolute Gasteiger partial charge is 0.379 e. The summed E-state index contributed by atoms with van der Waals surface area (Å²) in [5, 5.41) is 2.62. The lowest BCUT2D eigenvalue weighted by molar-refractivity contribution is -0.126. The Morgan fingerprint density at radius 3 is 2.70 bits per heavy atom. The van der Waals surface area contributed by atoms with Crippen LogP contribution >= 0.6 is 0 Å². The Hall–Kier alpha value is -1.44. The van der Waals surface area contributed by atoms with Crippen LogP contribution in [0.2, 0.25) is 0 Å². The van der Waals surface area contributed by atoms with Crippen LogP contribution in [0, 0.1) is 5.92 Å². The number of carbonyl (C=O) groups is 2. The van der Waals surface area contributed by atoms with Gasteiger partial charge in [-0.15, -0.1) is 0 Å². The molecule has 130 valence electrons. The van der Waals surface area contributed by atoms with Crippen molar-refractivity contribution >= 4 is 11.8 Å². The second kappa shape index (κ2) is 9.00. The van der Waals surface area contributed by atoms with Gasteiger partial charge in [0.05, 0.1) is 19.3 Å². The van der Waals surface area contributed by atoms with Crippen molar-refractivity contribution in [1.29, 1.82) is 0 Å². The molecule has 2 heterocycles. The summed E-state index contributed by atoms with van der Waals surface area (Å²) in [6.45, 7) is 5.18. The van der Waals surface area contributed by atoms with Crippen molar-refractivity contribution < 1.29 is 19.1 Å². The van der Waals surface area contributed by atoms with Gasteiger partial charge in [-0.2, -0.15) is 0 Å². The highest BCUT2D eigenvalue weighted by Gasteiger charge is 2.35. The molecule has 0 radical (unpaired) electrons. The minimum absolute atomic E-state index is 0.0142. The lowest BCUT2D eigenvalue weighted by Gasteiger charge is -2.25. The lowest BCUT2D eigenvalue weighted by atomic mass is 10.0. The van der Waals surface area contributed by atoms with Crippen molar-refractivity contribution in [3.05, 3.63) is 12.2 Å². The number of amides is 2. The number of methoxy groups -OCH3 is 1. The SMILES string of the molecule is CNC(=O)C[C@@H]1CN(C(=O)/C=C/CN2CCOCC2)C[C@@H]1OC. The van der Waals surface area contributed by atoms with Crippen molar-refractivity contribution in [1.82, 2.24) is 15.1 Å². The molecule has 0 saturated carbocycles. The molecule has 2 saturated heterocycles. The molecule has 0 aromatic carbocycles. The number of rotatable bonds is 6. The number of ether oxygens (including phenoxy) is 2. The van der Waals surface area contributed by atoms with E-state index in [1.54, 1.807) is 25.1 Å². The van der Waals surface area contributed by atoms with Gasteiger partial charge in [0, 0.05) is 65.3 Å². The molecule has 2 atom stereocenters. The third-order valence-electron chi connectivity index (χ3n) is 4.45. The van der Waals surface area contributed by atoms with Gasteiger partial charge in [0.1, 0.15) is 0 Å². The summed E-state index contributed by atoms with van der Waals surface area (Å²) in [4.78, 5) is 27.9. The highest BCUT2D eigenvalue weighted by molar-refractivity contribution is 5.88. The van der Waals surface area contributed by atoms with Gasteiger partial charge in [-0.1, -0.05) is 6.08 Å². The van der Waals surface area contributed by atoms with Gasteiger partial charge in [0.2, 0.25) is 11.8 Å². The fraction of sp³-hybridized carbons (Fsp3) is 0.750. The van der Waals surface area contributed by atoms with Crippen molar-refractivity contribution in [2.45, 2.75) is 12.5 Å². The summed E-state index contributed by atoms with van der Waals surface area (Å²) >= 11 is 0. The Morgan fingerprint density at radius 1 is 1.30 bits per heavy atom. The first-order valence-corrected chi connectivity index (χ1v) is 8.13. The third-order valence-corrected chi connectivity index (χ3v) is 4.45. The standard InChI is InChI=1S/C16H27N3O4/c1-17-15(20)10-13-11-19(12-14(13)22-2)16(21)4-3-5-18-6-8-23-9-7-18/h3-4,13-14H,5-12H2,1-2H3,(H,17,20)/b4-3+/t13-,14+/m1/s1. The second-order valence-corrected chi connectivity index (χ2v) is 5.97. The topological polar surface area (TPSA) is 71.1 Å². The Kier molecular flexibility index (Phi) is 7.01. The maximum Gasteiger partial charge on any atom is 0.246 e. The molecule has 2 amide bonds. The average molecular weight is 325 g/mol. The van der Waals surface area contributed by atoms with E-state index in [4.69, 9.17) is 9.47 Å². The first-order chi connectivity index (χ1) is 11.1. The Labute approximate surface area is 137 Å². The van der Waals surface area contributed by atoms with Crippen LogP contribution in [0.1, 0.15) is 6.42 Å². The molecule has 23 heavy (non-hydrogen) atoms. The van der Waals surface area contributed by atoms with Crippen LogP contribution in [0.3, 0.4) is 0 Å². The number of morpholine rings is 1. The zero-order valence-corrected chi connectivity index (χ0v) is 14.0. The zero-order chi connectivity index (χ0) is 16.7. The maximum absolute atomic E-state index is 12.3. The zero-order valence-electron chi connectivity index (χ0n) is 14.0. The number of nitrogens with zero attached hydrogens (tertiary/aromatic N) is 2. The van der Waals surface area contributed by atoms with Crippen molar-refractivity contribution in [3.63, 3.8) is 0 Å². The second-order valence-electron chi connectivity index (χ2n) is 5.97. The van der Waals surface area contributed by atoms with Gasteiger partial charge >= 0.3 is 0 Å². The fourth-order valence-electron chi connectivity index (χ4n) is 3.02. The molecule has 2 aliphatic rings. The van der Waals surface area contributed by atoms with E-state index in [1.807, 2.05) is 6.08 Å². The van der Waals surface area contributed by atoms with Crippen LogP contribution in [0.15, 0.2) is 12.2 Å². The molecule has 0 aliphatic carbocycles. The van der Waals surface area contributed by atoms with E-state index in [-0.39, 0.29) is 23.8 Å². The quantitative estimate of drug-likeness (QED) is 0.666. The van der Waals surface area contributed by atoms with Gasteiger partial charge in [-0.3, -0.25) is 14.5 Å². The molecule has 0 aromatic rings. The highest BCUT2D eigenvalue weighted by Crippen LogP contribution is 2.23. The Bertz CT molecular complexity index is 435. The minimum Gasteiger partial charge on any atom is -0.379 e. The van der Waals surface area contributed by atoms with Crippen molar-refractivity contribution in [3.8, 4) is 0 Å². The number of likely N-dealkylation sites (tertiary alicyclic amines) is 1. The monoisotopic (exact) mass is 325 g/mol. The molecule has 7 heteroatoms. The molecule has 0 spiro atoms. The molecule has 2 fully saturated rings. The maximum atomic E-state index is 12.3. The van der Waals surface area contributed by atoms with Gasteiger partial charge in [-0.25, -0.2) is 0 Å². The van der Waals surface area contributed by atoms with Crippen LogP contribution in [-0.4, -0.2) is 87.8 Å². The molecule has 2 aliphatic heterocycles. The van der Waals surface area contributed by atoms with Gasteiger partial charge in [0.25, 0.3) is 0 Å². The fourth-order valence-corrected chi connectivity index (χ4v) is 3.02. The third kappa shape index (κ3) is 5.30. The Morgan fingerprint density at radius 2 is 2.04 bits per heavy atom. The van der Waals surface area contributed by atoms with E-state index in [2.05, 4.69) is 10.2 Å². The minimum atomic E-state index is -0.0797. The van der Waals surface area contributed by atoms with E-state index in [0.29, 0.717) is 19.5 Å². The normalized spacial score (nSPS) is 25.9. The summed E-state index contributed by atoms with van der Waals surface area (Å²) in [5.41, 5.74) is 0. The summed E-state index contributed by atoms with van der Waals surface area (Å²) in [7, 11) is 3.25. The van der Waals surface area contributed by atoms with E-state index < -0.39 is 0 Å². The summed E-state index contributed by atoms with van der Waals surface area (Å²) in [6.07, 6.45) is 3.84. The van der Waals surface area contributed by atoms with Gasteiger partial charge in [-0.05, 0) is 0 Å². The molecule has 7 nitrogen and oxygen atoms in total. The number of carbonyl (C=O) groups excluding carboxylic acids is 2. The summed E-state index contributed by atoms with van der Waals surface area (Å²) in [5.74, 6) is 0.0190. The molecule has 0 bridgehead atoms. The number of nitrogens with one attached hydrogen (secondary N) is 1. The first kappa shape index (κ1) is 17.9. The Balaban J connectivity index is 1.81.